The van der Waals surface area contributed by atoms with Gasteiger partial charge in [-0.3, -0.25) is 14.8 Å². The number of aromatic nitrogens is 1. The minimum atomic E-state index is -3.75. The molecule has 0 aliphatic rings. The molecule has 0 aliphatic heterocycles. The molecule has 1 amide bonds. The zero-order valence-corrected chi connectivity index (χ0v) is 18.2. The molecule has 8 heteroatoms. The van der Waals surface area contributed by atoms with E-state index >= 15 is 0 Å². The minimum absolute atomic E-state index is 0.157. The summed E-state index contributed by atoms with van der Waals surface area (Å²) in [6.07, 6.45) is 0. The van der Waals surface area contributed by atoms with Crippen LogP contribution < -0.4 is 10.0 Å². The number of hydrogen-bond donors (Lipinski definition) is 2. The first kappa shape index (κ1) is 20.8. The van der Waals surface area contributed by atoms with E-state index in [1.165, 1.54) is 17.4 Å². The van der Waals surface area contributed by atoms with Gasteiger partial charge in [0.15, 0.2) is 5.13 Å². The molecule has 4 aromatic rings. The van der Waals surface area contributed by atoms with Crippen LogP contribution in [0.15, 0.2) is 89.1 Å². The van der Waals surface area contributed by atoms with E-state index in [4.69, 9.17) is 0 Å². The van der Waals surface area contributed by atoms with Crippen molar-refractivity contribution >= 4 is 38.1 Å². The Morgan fingerprint density at radius 2 is 1.68 bits per heavy atom. The van der Waals surface area contributed by atoms with Gasteiger partial charge in [0.1, 0.15) is 0 Å². The average Bonchev–Trinajstić information content (AvgIpc) is 3.23. The first-order chi connectivity index (χ1) is 14.9. The summed E-state index contributed by atoms with van der Waals surface area (Å²) < 4.78 is 27.7. The van der Waals surface area contributed by atoms with E-state index in [-0.39, 0.29) is 10.8 Å². The zero-order chi connectivity index (χ0) is 21.8. The number of anilines is 2. The molecule has 2 N–H and O–H groups in total. The van der Waals surface area contributed by atoms with Crippen molar-refractivity contribution in [1.29, 1.82) is 0 Å². The van der Waals surface area contributed by atoms with Gasteiger partial charge in [-0.25, -0.2) is 13.4 Å². The summed E-state index contributed by atoms with van der Waals surface area (Å²) in [4.78, 5) is 17.3. The molecular formula is C23H19N3O3S2. The second-order valence-corrected chi connectivity index (χ2v) is 9.40. The standard InChI is InChI=1S/C23H19N3O3S2/c1-16-10-12-20(13-11-16)31(28,29)26-19-9-5-8-18(14-19)22(27)25-23-24-21(15-30-23)17-6-3-2-4-7-17/h2-15,26H,1H3,(H,24,25,27). The third kappa shape index (κ3) is 4.99. The van der Waals surface area contributed by atoms with Crippen molar-refractivity contribution in [1.82, 2.24) is 4.98 Å². The molecule has 6 nitrogen and oxygen atoms in total. The fourth-order valence-electron chi connectivity index (χ4n) is 2.90. The maximum absolute atomic E-state index is 12.7. The number of amides is 1. The van der Waals surface area contributed by atoms with Crippen LogP contribution in [0.2, 0.25) is 0 Å². The van der Waals surface area contributed by atoms with Crippen LogP contribution in [0.5, 0.6) is 0 Å². The third-order valence-electron chi connectivity index (χ3n) is 4.50. The molecule has 4 rings (SSSR count). The van der Waals surface area contributed by atoms with Crippen molar-refractivity contribution in [3.63, 3.8) is 0 Å². The molecule has 0 spiro atoms. The SMILES string of the molecule is Cc1ccc(S(=O)(=O)Nc2cccc(C(=O)Nc3nc(-c4ccccc4)cs3)c2)cc1. The van der Waals surface area contributed by atoms with Gasteiger partial charge in [0, 0.05) is 22.2 Å². The highest BCUT2D eigenvalue weighted by molar-refractivity contribution is 7.92. The number of sulfonamides is 1. The van der Waals surface area contributed by atoms with E-state index in [9.17, 15) is 13.2 Å². The molecule has 0 saturated carbocycles. The Kier molecular flexibility index (Phi) is 5.83. The molecular weight excluding hydrogens is 430 g/mol. The van der Waals surface area contributed by atoms with Crippen LogP contribution in [-0.2, 0) is 10.0 Å². The number of carbonyl (C=O) groups excluding carboxylic acids is 1. The summed E-state index contributed by atoms with van der Waals surface area (Å²) in [7, 11) is -3.75. The largest absolute Gasteiger partial charge is 0.298 e. The number of nitrogens with zero attached hydrogens (tertiary/aromatic N) is 1. The van der Waals surface area contributed by atoms with Gasteiger partial charge in [-0.15, -0.1) is 11.3 Å². The molecule has 0 atom stereocenters. The Labute approximate surface area is 184 Å². The lowest BCUT2D eigenvalue weighted by Gasteiger charge is -2.10. The Balaban J connectivity index is 1.48. The molecule has 1 aromatic heterocycles. The monoisotopic (exact) mass is 449 g/mol. The average molecular weight is 450 g/mol. The van der Waals surface area contributed by atoms with E-state index in [2.05, 4.69) is 15.0 Å². The van der Waals surface area contributed by atoms with Crippen LogP contribution in [0.1, 0.15) is 15.9 Å². The van der Waals surface area contributed by atoms with E-state index in [0.717, 1.165) is 16.8 Å². The maximum Gasteiger partial charge on any atom is 0.261 e. The molecule has 31 heavy (non-hydrogen) atoms. The maximum atomic E-state index is 12.7. The predicted molar refractivity (Wildman–Crippen MR) is 124 cm³/mol. The number of carbonyl (C=O) groups is 1. The lowest BCUT2D eigenvalue weighted by molar-refractivity contribution is 0.102. The minimum Gasteiger partial charge on any atom is -0.298 e. The number of nitrogens with one attached hydrogen (secondary N) is 2. The lowest BCUT2D eigenvalue weighted by Crippen LogP contribution is -2.15. The van der Waals surface area contributed by atoms with Crippen molar-refractivity contribution in [2.75, 3.05) is 10.0 Å². The first-order valence-corrected chi connectivity index (χ1v) is 11.8. The van der Waals surface area contributed by atoms with Crippen molar-refractivity contribution < 1.29 is 13.2 Å². The molecule has 0 radical (unpaired) electrons. The van der Waals surface area contributed by atoms with Crippen LogP contribution in [-0.4, -0.2) is 19.3 Å². The molecule has 0 unspecified atom stereocenters. The predicted octanol–water partition coefficient (Wildman–Crippen LogP) is 5.17. The van der Waals surface area contributed by atoms with Gasteiger partial charge in [0.2, 0.25) is 0 Å². The summed E-state index contributed by atoms with van der Waals surface area (Å²) in [5, 5.41) is 5.11. The smallest absolute Gasteiger partial charge is 0.261 e. The van der Waals surface area contributed by atoms with Crippen LogP contribution in [0.25, 0.3) is 11.3 Å². The van der Waals surface area contributed by atoms with Crippen molar-refractivity contribution in [3.05, 3.63) is 95.4 Å². The van der Waals surface area contributed by atoms with Crippen LogP contribution in [0, 0.1) is 6.92 Å². The topological polar surface area (TPSA) is 88.2 Å². The Morgan fingerprint density at radius 1 is 0.935 bits per heavy atom. The summed E-state index contributed by atoms with van der Waals surface area (Å²) in [6, 6.07) is 22.6. The number of benzene rings is 3. The highest BCUT2D eigenvalue weighted by Gasteiger charge is 2.16. The van der Waals surface area contributed by atoms with Gasteiger partial charge >= 0.3 is 0 Å². The molecule has 1 heterocycles. The highest BCUT2D eigenvalue weighted by Crippen LogP contribution is 2.25. The summed E-state index contributed by atoms with van der Waals surface area (Å²) in [6.45, 7) is 1.89. The summed E-state index contributed by atoms with van der Waals surface area (Å²) in [5.74, 6) is -0.370. The lowest BCUT2D eigenvalue weighted by atomic mass is 10.2. The normalized spacial score (nSPS) is 11.1. The third-order valence-corrected chi connectivity index (χ3v) is 6.66. The number of aryl methyl sites for hydroxylation is 1. The summed E-state index contributed by atoms with van der Waals surface area (Å²) in [5.41, 5.74) is 3.33. The fourth-order valence-corrected chi connectivity index (χ4v) is 4.66. The Hall–Kier alpha value is -3.49. The highest BCUT2D eigenvalue weighted by atomic mass is 32.2. The van der Waals surface area contributed by atoms with Crippen molar-refractivity contribution in [2.45, 2.75) is 11.8 Å². The zero-order valence-electron chi connectivity index (χ0n) is 16.6. The summed E-state index contributed by atoms with van der Waals surface area (Å²) >= 11 is 1.33. The van der Waals surface area contributed by atoms with Crippen molar-refractivity contribution in [2.24, 2.45) is 0 Å². The Morgan fingerprint density at radius 3 is 2.42 bits per heavy atom. The van der Waals surface area contributed by atoms with Crippen LogP contribution >= 0.6 is 11.3 Å². The molecule has 0 bridgehead atoms. The van der Waals surface area contributed by atoms with Crippen LogP contribution in [0.4, 0.5) is 10.8 Å². The van der Waals surface area contributed by atoms with Gasteiger partial charge in [-0.1, -0.05) is 54.1 Å². The fraction of sp³-hybridized carbons (Fsp3) is 0.0435. The molecule has 0 aliphatic carbocycles. The molecule has 3 aromatic carbocycles. The van der Waals surface area contributed by atoms with Gasteiger partial charge in [0.25, 0.3) is 15.9 Å². The van der Waals surface area contributed by atoms with Crippen LogP contribution in [0.3, 0.4) is 0 Å². The molecule has 0 saturated heterocycles. The van der Waals surface area contributed by atoms with E-state index in [1.807, 2.05) is 42.6 Å². The van der Waals surface area contributed by atoms with Crippen molar-refractivity contribution in [3.8, 4) is 11.3 Å². The second-order valence-electron chi connectivity index (χ2n) is 6.86. The van der Waals surface area contributed by atoms with E-state index in [1.54, 1.807) is 42.5 Å². The second kappa shape index (κ2) is 8.71. The number of hydrogen-bond acceptors (Lipinski definition) is 5. The van der Waals surface area contributed by atoms with Gasteiger partial charge in [-0.05, 0) is 37.3 Å². The number of rotatable bonds is 6. The van der Waals surface area contributed by atoms with Gasteiger partial charge < -0.3 is 0 Å². The Bertz CT molecular complexity index is 1320. The van der Waals surface area contributed by atoms with E-state index in [0.29, 0.717) is 16.4 Å². The van der Waals surface area contributed by atoms with E-state index < -0.39 is 10.0 Å². The molecule has 0 fully saturated rings. The number of thiazole rings is 1. The van der Waals surface area contributed by atoms with Gasteiger partial charge in [0.05, 0.1) is 10.6 Å². The molecule has 156 valence electrons. The quantitative estimate of drug-likeness (QED) is 0.425. The van der Waals surface area contributed by atoms with Gasteiger partial charge in [-0.2, -0.15) is 0 Å². The first-order valence-electron chi connectivity index (χ1n) is 9.42.